The number of alkyl halides is 3. The number of halogens is 4. The zero-order valence-corrected chi connectivity index (χ0v) is 24.5. The molecule has 2 aliphatic rings. The molecule has 2 aliphatic heterocycles. The second kappa shape index (κ2) is 11.1. The summed E-state index contributed by atoms with van der Waals surface area (Å²) in [5, 5.41) is 4.27. The number of carbonyl (C=O) groups excluding carboxylic acids is 2. The third-order valence-corrected chi connectivity index (χ3v) is 10.1. The molecule has 4 aromatic rings. The molecule has 16 heteroatoms. The Bertz CT molecular complexity index is 1900. The van der Waals surface area contributed by atoms with Gasteiger partial charge in [0.25, 0.3) is 11.1 Å². The number of nitrogens with zero attached hydrogens (tertiary/aromatic N) is 6. The molecule has 0 aliphatic carbocycles. The molecular formula is C27H22ClF3N6O4S2. The van der Waals surface area contributed by atoms with Crippen molar-refractivity contribution in [3.05, 3.63) is 87.4 Å². The molecule has 10 nitrogen and oxygen atoms in total. The van der Waals surface area contributed by atoms with Crippen molar-refractivity contribution in [1.29, 1.82) is 0 Å². The molecule has 2 aromatic carbocycles. The Morgan fingerprint density at radius 2 is 1.81 bits per heavy atom. The predicted molar refractivity (Wildman–Crippen MR) is 154 cm³/mol. The second-order valence-corrected chi connectivity index (χ2v) is 13.2. The van der Waals surface area contributed by atoms with Crippen LogP contribution < -0.4 is 0 Å². The predicted octanol–water partition coefficient (Wildman–Crippen LogP) is 5.38. The van der Waals surface area contributed by atoms with Gasteiger partial charge in [0.05, 0.1) is 35.3 Å². The number of aromatic nitrogens is 4. The minimum absolute atomic E-state index is 0.00788. The maximum Gasteiger partial charge on any atom is 0.416 e. The van der Waals surface area contributed by atoms with Crippen LogP contribution in [0.1, 0.15) is 35.4 Å². The second-order valence-electron chi connectivity index (χ2n) is 9.94. The molecule has 2 amide bonds. The molecular weight excluding hydrogens is 629 g/mol. The zero-order chi connectivity index (χ0) is 30.5. The lowest BCUT2D eigenvalue weighted by Gasteiger charge is -2.19. The number of imide groups is 1. The number of imidazole rings is 1. The molecule has 2 saturated heterocycles. The van der Waals surface area contributed by atoms with Crippen LogP contribution in [-0.2, 0) is 34.3 Å². The summed E-state index contributed by atoms with van der Waals surface area (Å²) in [7, 11) is -3.87. The molecule has 0 spiro atoms. The highest BCUT2D eigenvalue weighted by molar-refractivity contribution is 8.18. The summed E-state index contributed by atoms with van der Waals surface area (Å²) in [4.78, 5) is 31.1. The van der Waals surface area contributed by atoms with Crippen LogP contribution in [0.4, 0.5) is 18.0 Å². The van der Waals surface area contributed by atoms with Crippen LogP contribution in [0, 0.1) is 0 Å². The number of amides is 2. The van der Waals surface area contributed by atoms with Gasteiger partial charge >= 0.3 is 16.4 Å². The van der Waals surface area contributed by atoms with Crippen LogP contribution in [0.25, 0.3) is 17.0 Å². The van der Waals surface area contributed by atoms with Crippen LogP contribution in [0.3, 0.4) is 0 Å². The van der Waals surface area contributed by atoms with Crippen molar-refractivity contribution in [2.24, 2.45) is 0 Å². The van der Waals surface area contributed by atoms with Gasteiger partial charge in [0, 0.05) is 35.9 Å². The maximum absolute atomic E-state index is 13.6. The number of benzene rings is 2. The van der Waals surface area contributed by atoms with Crippen LogP contribution in [-0.4, -0.2) is 60.6 Å². The monoisotopic (exact) mass is 650 g/mol. The number of hydrogen-bond donors (Lipinski definition) is 0. The highest BCUT2D eigenvalue weighted by atomic mass is 35.5. The van der Waals surface area contributed by atoms with E-state index in [-0.39, 0.29) is 34.4 Å². The Morgan fingerprint density at radius 3 is 2.56 bits per heavy atom. The number of hydrogen-bond acceptors (Lipinski definition) is 7. The standard InChI is InChI=1S/C27H22ClF3N6O4S2/c28-20-5-4-18(21(13-20)27(29,30)31)15-36-22-6-3-17(11-19(22)14-33-36)12-23-25(38)35(26(39)42-23)16-24-32-7-10-37(24)43(40,41)34-8-1-2-9-34/h3-7,10-14H,1-2,8-9,15-16H2/b23-12-. The molecule has 43 heavy (non-hydrogen) atoms. The molecule has 224 valence electrons. The fourth-order valence-electron chi connectivity index (χ4n) is 5.05. The first-order chi connectivity index (χ1) is 20.4. The molecule has 0 radical (unpaired) electrons. The van der Waals surface area contributed by atoms with Crippen molar-refractivity contribution in [2.45, 2.75) is 32.1 Å². The van der Waals surface area contributed by atoms with E-state index in [1.165, 1.54) is 45.8 Å². The smallest absolute Gasteiger partial charge is 0.268 e. The van der Waals surface area contributed by atoms with Gasteiger partial charge in [-0.15, -0.1) is 0 Å². The fourth-order valence-corrected chi connectivity index (χ4v) is 7.61. The van der Waals surface area contributed by atoms with Gasteiger partial charge in [0.1, 0.15) is 5.82 Å². The first kappa shape index (κ1) is 29.4. The van der Waals surface area contributed by atoms with E-state index < -0.39 is 33.1 Å². The van der Waals surface area contributed by atoms with Gasteiger partial charge in [0.15, 0.2) is 0 Å². The van der Waals surface area contributed by atoms with Crippen molar-refractivity contribution in [3.8, 4) is 0 Å². The lowest BCUT2D eigenvalue weighted by Crippen LogP contribution is -2.36. The normalized spacial score (nSPS) is 17.7. The van der Waals surface area contributed by atoms with E-state index in [1.807, 2.05) is 0 Å². The summed E-state index contributed by atoms with van der Waals surface area (Å²) in [5.74, 6) is -0.556. The Balaban J connectivity index is 1.21. The summed E-state index contributed by atoms with van der Waals surface area (Å²) in [6.07, 6.45) is 2.56. The molecule has 2 aromatic heterocycles. The average molecular weight is 651 g/mol. The molecule has 4 heterocycles. The SMILES string of the molecule is O=C1S/C(=C\c2ccc3c(cnn3Cc3ccc(Cl)cc3C(F)(F)F)c2)C(=O)N1Cc1nccn1S(=O)(=O)N1CCCC1. The van der Waals surface area contributed by atoms with Gasteiger partial charge in [-0.25, -0.2) is 8.96 Å². The van der Waals surface area contributed by atoms with E-state index in [4.69, 9.17) is 11.6 Å². The molecule has 6 rings (SSSR count). The Hall–Kier alpha value is -3.66. The Morgan fingerprint density at radius 1 is 1.05 bits per heavy atom. The van der Waals surface area contributed by atoms with Gasteiger partial charge in [-0.3, -0.25) is 19.2 Å². The average Bonchev–Trinajstić information content (AvgIpc) is 3.76. The van der Waals surface area contributed by atoms with Gasteiger partial charge in [-0.2, -0.15) is 31.0 Å². The summed E-state index contributed by atoms with van der Waals surface area (Å²) >= 11 is 6.51. The fraction of sp³-hybridized carbons (Fsp3) is 0.259. The summed E-state index contributed by atoms with van der Waals surface area (Å²) in [6, 6.07) is 8.63. The van der Waals surface area contributed by atoms with Crippen molar-refractivity contribution < 1.29 is 31.2 Å². The molecule has 0 bridgehead atoms. The summed E-state index contributed by atoms with van der Waals surface area (Å²) < 4.78 is 70.5. The third kappa shape index (κ3) is 5.69. The third-order valence-electron chi connectivity index (χ3n) is 7.15. The molecule has 0 saturated carbocycles. The minimum Gasteiger partial charge on any atom is -0.268 e. The van der Waals surface area contributed by atoms with E-state index in [0.717, 1.165) is 39.5 Å². The highest BCUT2D eigenvalue weighted by Crippen LogP contribution is 2.36. The summed E-state index contributed by atoms with van der Waals surface area (Å²) in [6.45, 7) is 0.321. The molecule has 0 atom stereocenters. The van der Waals surface area contributed by atoms with Gasteiger partial charge in [-0.1, -0.05) is 23.7 Å². The quantitative estimate of drug-likeness (QED) is 0.247. The van der Waals surface area contributed by atoms with Crippen molar-refractivity contribution in [1.82, 2.24) is 27.9 Å². The van der Waals surface area contributed by atoms with Gasteiger partial charge in [-0.05, 0) is 66.1 Å². The first-order valence-electron chi connectivity index (χ1n) is 13.0. The number of fused-ring (bicyclic) bond motifs is 1. The lowest BCUT2D eigenvalue weighted by molar-refractivity contribution is -0.138. The van der Waals surface area contributed by atoms with Crippen molar-refractivity contribution in [3.63, 3.8) is 0 Å². The number of thioether (sulfide) groups is 1. The van der Waals surface area contributed by atoms with Crippen molar-refractivity contribution >= 4 is 61.7 Å². The molecule has 0 unspecified atom stereocenters. The topological polar surface area (TPSA) is 110 Å². The first-order valence-corrected chi connectivity index (χ1v) is 15.6. The van der Waals surface area contributed by atoms with E-state index in [0.29, 0.717) is 29.6 Å². The number of carbonyl (C=O) groups is 2. The zero-order valence-electron chi connectivity index (χ0n) is 22.2. The van der Waals surface area contributed by atoms with Crippen LogP contribution in [0.2, 0.25) is 5.02 Å². The molecule has 0 N–H and O–H groups in total. The van der Waals surface area contributed by atoms with Gasteiger partial charge < -0.3 is 0 Å². The Kier molecular flexibility index (Phi) is 7.61. The van der Waals surface area contributed by atoms with E-state index in [2.05, 4.69) is 10.1 Å². The van der Waals surface area contributed by atoms with Crippen LogP contribution in [0.5, 0.6) is 0 Å². The molecule has 2 fully saturated rings. The van der Waals surface area contributed by atoms with Crippen molar-refractivity contribution in [2.75, 3.05) is 13.1 Å². The largest absolute Gasteiger partial charge is 0.416 e. The van der Waals surface area contributed by atoms with E-state index in [9.17, 15) is 31.2 Å². The number of rotatable bonds is 7. The van der Waals surface area contributed by atoms with Crippen LogP contribution >= 0.6 is 23.4 Å². The Labute approximate surface area is 252 Å². The van der Waals surface area contributed by atoms with E-state index >= 15 is 0 Å². The minimum atomic E-state index is -4.58. The highest BCUT2D eigenvalue weighted by Gasteiger charge is 2.37. The van der Waals surface area contributed by atoms with Gasteiger partial charge in [0.2, 0.25) is 0 Å². The maximum atomic E-state index is 13.6. The lowest BCUT2D eigenvalue weighted by atomic mass is 10.1. The van der Waals surface area contributed by atoms with E-state index in [1.54, 1.807) is 18.2 Å². The van der Waals surface area contributed by atoms with Crippen LogP contribution in [0.15, 0.2) is 59.9 Å². The summed E-state index contributed by atoms with van der Waals surface area (Å²) in [5.41, 5.74) is 0.304.